The van der Waals surface area contributed by atoms with E-state index in [1.807, 2.05) is 39.0 Å². The largest absolute Gasteiger partial charge is 1.00 e. The van der Waals surface area contributed by atoms with Crippen LogP contribution in [0.15, 0.2) is 104 Å². The van der Waals surface area contributed by atoms with Crippen molar-refractivity contribution in [1.82, 2.24) is 9.80 Å². The van der Waals surface area contributed by atoms with Gasteiger partial charge in [0, 0.05) is 48.4 Å². The minimum Gasteiger partial charge on any atom is -1.00 e. The van der Waals surface area contributed by atoms with Gasteiger partial charge in [0.1, 0.15) is 25.9 Å². The Morgan fingerprint density at radius 1 is 0.623 bits per heavy atom. The molecule has 61 heavy (non-hydrogen) atoms. The number of rotatable bonds is 24. The molecule has 7 unspecified atom stereocenters. The zero-order valence-electron chi connectivity index (χ0n) is 37.9. The highest BCUT2D eigenvalue weighted by molar-refractivity contribution is 5.78. The van der Waals surface area contributed by atoms with E-state index in [0.717, 1.165) is 57.1 Å². The van der Waals surface area contributed by atoms with Crippen LogP contribution < -0.4 is 73.1 Å². The molecule has 3 N–H and O–H groups in total. The third-order valence-corrected chi connectivity index (χ3v) is 12.7. The van der Waals surface area contributed by atoms with Crippen molar-refractivity contribution >= 4 is 11.6 Å². The van der Waals surface area contributed by atoms with Crippen LogP contribution in [0.5, 0.6) is 0 Å². The monoisotopic (exact) mass is 921 g/mol. The molecular weight excluding hydrogens is 848 g/mol. The van der Waals surface area contributed by atoms with Crippen LogP contribution in [0.25, 0.3) is 0 Å². The number of likely N-dealkylation sites (N-methyl/N-ethyl adjacent to an activating group) is 1. The fourth-order valence-corrected chi connectivity index (χ4v) is 8.32. The van der Waals surface area contributed by atoms with Gasteiger partial charge < -0.3 is 65.2 Å². The van der Waals surface area contributed by atoms with E-state index in [1.54, 1.807) is 0 Å². The highest BCUT2D eigenvalue weighted by atomic mass is 35.5. The summed E-state index contributed by atoms with van der Waals surface area (Å²) < 4.78 is 6.87. The number of quaternary nitrogens is 1. The van der Waals surface area contributed by atoms with Crippen LogP contribution in [0, 0.1) is 5.92 Å². The molecule has 4 rings (SSSR count). The summed E-state index contributed by atoms with van der Waals surface area (Å²) in [6, 6.07) is 23.6. The third-order valence-electron chi connectivity index (χ3n) is 12.7. The summed E-state index contributed by atoms with van der Waals surface area (Å²) in [7, 11) is 4.23. The molecule has 0 aliphatic heterocycles. The molecule has 0 spiro atoms. The van der Waals surface area contributed by atoms with Crippen molar-refractivity contribution in [2.45, 2.75) is 142 Å². The lowest BCUT2D eigenvalue weighted by atomic mass is 9.86. The number of carbonyl (C=O) groups excluding carboxylic acids is 1. The molecule has 0 saturated carbocycles. The van der Waals surface area contributed by atoms with E-state index in [2.05, 4.69) is 140 Å². The second-order valence-corrected chi connectivity index (χ2v) is 17.3. The number of aliphatic hydroxyl groups is 2. The van der Waals surface area contributed by atoms with Crippen LogP contribution >= 0.6 is 0 Å². The fourth-order valence-electron chi connectivity index (χ4n) is 8.32. The van der Waals surface area contributed by atoms with Gasteiger partial charge in [-0.25, -0.2) is 4.57 Å². The average Bonchev–Trinajstić information content (AvgIpc) is 3.22. The summed E-state index contributed by atoms with van der Waals surface area (Å²) in [5.41, 5.74) is 5.14. The van der Waals surface area contributed by atoms with E-state index < -0.39 is 0 Å². The van der Waals surface area contributed by atoms with Gasteiger partial charge in [0.15, 0.2) is 49.3 Å². The van der Waals surface area contributed by atoms with Gasteiger partial charge in [-0.2, -0.15) is 9.13 Å². The Morgan fingerprint density at radius 2 is 1.08 bits per heavy atom. The lowest BCUT2D eigenvalue weighted by Gasteiger charge is -2.43. The van der Waals surface area contributed by atoms with Crippen molar-refractivity contribution in [2.24, 2.45) is 13.0 Å². The van der Waals surface area contributed by atoms with Crippen LogP contribution in [0.1, 0.15) is 127 Å². The van der Waals surface area contributed by atoms with Gasteiger partial charge in [0.2, 0.25) is 19.0 Å². The summed E-state index contributed by atoms with van der Waals surface area (Å²) in [4.78, 5) is 12.4. The van der Waals surface area contributed by atoms with Gasteiger partial charge in [-0.1, -0.05) is 65.2 Å². The van der Waals surface area contributed by atoms with E-state index in [9.17, 15) is 15.0 Å². The molecule has 0 aliphatic rings. The number of pyridine rings is 3. The lowest BCUT2D eigenvalue weighted by Crippen LogP contribution is -3.00. The summed E-state index contributed by atoms with van der Waals surface area (Å²) in [6.45, 7) is 14.1. The number of benzene rings is 1. The number of halogens is 4. The van der Waals surface area contributed by atoms with E-state index >= 15 is 0 Å². The maximum absolute atomic E-state index is 12.4. The van der Waals surface area contributed by atoms with E-state index in [0.29, 0.717) is 35.3 Å². The molecule has 342 valence electrons. The quantitative estimate of drug-likeness (QED) is 0.0377. The van der Waals surface area contributed by atoms with Gasteiger partial charge >= 0.3 is 0 Å². The fraction of sp³-hybridized carbons (Fsp3) is 0.551. The molecule has 7 atom stereocenters. The van der Waals surface area contributed by atoms with E-state index in [4.69, 9.17) is 0 Å². The number of aromatic nitrogens is 3. The highest BCUT2D eigenvalue weighted by Gasteiger charge is 2.45. The highest BCUT2D eigenvalue weighted by Crippen LogP contribution is 2.31. The minimum atomic E-state index is -0.185. The first kappa shape index (κ1) is 58.2. The normalized spacial score (nSPS) is 14.9. The molecule has 0 radical (unpaired) electrons. The Labute approximate surface area is 393 Å². The predicted molar refractivity (Wildman–Crippen MR) is 231 cm³/mol. The predicted octanol–water partition coefficient (Wildman–Crippen LogP) is -4.55. The number of nitrogens with zero attached hydrogens (tertiary/aromatic N) is 4. The van der Waals surface area contributed by atoms with Gasteiger partial charge in [0.25, 0.3) is 0 Å². The second-order valence-electron chi connectivity index (χ2n) is 17.3. The molecule has 3 heterocycles. The number of hydrogen-bond donors (Lipinski definition) is 3. The zero-order chi connectivity index (χ0) is 41.4. The third kappa shape index (κ3) is 17.3. The van der Waals surface area contributed by atoms with Crippen LogP contribution in [0.2, 0.25) is 0 Å². The molecule has 0 fully saturated rings. The molecule has 1 amide bonds. The van der Waals surface area contributed by atoms with Crippen molar-refractivity contribution in [3.63, 3.8) is 0 Å². The van der Waals surface area contributed by atoms with Crippen LogP contribution in [0.3, 0.4) is 0 Å². The summed E-state index contributed by atoms with van der Waals surface area (Å²) in [5, 5.41) is 25.0. The van der Waals surface area contributed by atoms with Crippen molar-refractivity contribution in [1.29, 1.82) is 0 Å². The van der Waals surface area contributed by atoms with Crippen LogP contribution in [-0.2, 0) is 24.9 Å². The van der Waals surface area contributed by atoms with Crippen molar-refractivity contribution in [3.05, 3.63) is 121 Å². The SMILES string of the molecule is CCC(C)c1cc[n+](CC(CO)[N+](C)(c2ccccc2)C(CO)C[n+]2ccc(C(C)CCCC(CCCCC(C)C(=O)NC(C)C)c3cc[n+](C)cc3)cc2)cc1.[Cl-].[Cl-].[Cl-].[Cl-]. The van der Waals surface area contributed by atoms with Gasteiger partial charge in [-0.3, -0.25) is 9.28 Å². The zero-order valence-corrected chi connectivity index (χ0v) is 41.0. The molecule has 0 aliphatic carbocycles. The number of aliphatic hydroxyl groups excluding tert-OH is 2. The minimum absolute atomic E-state index is 0. The molecule has 8 nitrogen and oxygen atoms in total. The Balaban J connectivity index is 0.00000900. The molecule has 12 heteroatoms. The van der Waals surface area contributed by atoms with E-state index in [1.165, 1.54) is 16.7 Å². The van der Waals surface area contributed by atoms with Crippen molar-refractivity contribution < 1.29 is 78.3 Å². The Hall–Kier alpha value is -2.82. The summed E-state index contributed by atoms with van der Waals surface area (Å²) in [5.74, 6) is 1.66. The Kier molecular flexibility index (Phi) is 28.2. The number of para-hydroxylation sites is 1. The van der Waals surface area contributed by atoms with Crippen LogP contribution in [0.4, 0.5) is 5.69 Å². The molecular formula is C49H75Cl4N5O3. The summed E-state index contributed by atoms with van der Waals surface area (Å²) >= 11 is 0. The topological polar surface area (TPSA) is 81.2 Å². The number of hydrogen-bond acceptors (Lipinski definition) is 3. The van der Waals surface area contributed by atoms with Gasteiger partial charge in [-0.05, 0) is 92.5 Å². The molecule has 0 bridgehead atoms. The second kappa shape index (κ2) is 29.5. The number of carbonyl (C=O) groups is 1. The molecule has 4 aromatic rings. The first-order valence-corrected chi connectivity index (χ1v) is 21.8. The number of unbranched alkanes of at least 4 members (excludes halogenated alkanes) is 1. The van der Waals surface area contributed by atoms with Gasteiger partial charge in [-0.15, -0.1) is 0 Å². The van der Waals surface area contributed by atoms with Crippen molar-refractivity contribution in [3.8, 4) is 0 Å². The first-order chi connectivity index (χ1) is 27.4. The Bertz CT molecular complexity index is 1750. The molecule has 3 aromatic heterocycles. The lowest BCUT2D eigenvalue weighted by molar-refractivity contribution is -0.707. The molecule has 0 saturated heterocycles. The number of nitrogens with one attached hydrogen (secondary N) is 1. The average molecular weight is 924 g/mol. The van der Waals surface area contributed by atoms with Gasteiger partial charge in [0.05, 0.1) is 7.05 Å². The molecule has 1 aromatic carbocycles. The number of aryl methyl sites for hydroxylation is 1. The number of amides is 1. The Morgan fingerprint density at radius 3 is 1.56 bits per heavy atom. The maximum Gasteiger partial charge on any atom is 0.223 e. The summed E-state index contributed by atoms with van der Waals surface area (Å²) in [6.07, 6.45) is 21.7. The smallest absolute Gasteiger partial charge is 0.223 e. The van der Waals surface area contributed by atoms with Crippen molar-refractivity contribution in [2.75, 3.05) is 20.3 Å². The van der Waals surface area contributed by atoms with E-state index in [-0.39, 0.29) is 92.8 Å². The standard InChI is InChI=1S/C49H74N5O3.4ClH/c1-9-39(4)42-24-30-52(31-25-42)34-47(36-55)54(8,46-20-11-10-12-21-46)48(37-56)35-53-32-26-43(27-33-53)40(5)17-15-19-44(45-22-28-51(7)29-23-45)18-14-13-16-41(6)49(57)50-38(2)3;;;;/h10-12,20-33,38-41,44,47-48,55-56H,9,13-19,34-37H2,1-8H3;4*1H/q+3;;;;/p-3. The first-order valence-electron chi connectivity index (χ1n) is 21.8. The maximum atomic E-state index is 12.4. The van der Waals surface area contributed by atoms with Crippen LogP contribution in [-0.4, -0.2) is 54.5 Å².